The predicted molar refractivity (Wildman–Crippen MR) is 67.9 cm³/mol. The van der Waals surface area contributed by atoms with Crippen molar-refractivity contribution in [3.8, 4) is 0 Å². The van der Waals surface area contributed by atoms with Crippen molar-refractivity contribution >= 4 is 17.6 Å². The Morgan fingerprint density at radius 1 is 1.47 bits per heavy atom. The van der Waals surface area contributed by atoms with Crippen LogP contribution in [0.2, 0.25) is 5.02 Å². The molecule has 0 spiro atoms. The van der Waals surface area contributed by atoms with Crippen molar-refractivity contribution in [1.29, 1.82) is 0 Å². The molecule has 1 aromatic rings. The fourth-order valence-electron chi connectivity index (χ4n) is 2.08. The first kappa shape index (κ1) is 12.2. The fourth-order valence-corrected chi connectivity index (χ4v) is 2.20. The Kier molecular flexibility index (Phi) is 3.86. The SMILES string of the molecule is NC(=O)N(Cc1ccc(Cl)cc1)[C@@H]1CCNC1. The summed E-state index contributed by atoms with van der Waals surface area (Å²) in [6, 6.07) is 7.31. The molecule has 1 aliphatic heterocycles. The van der Waals surface area contributed by atoms with E-state index in [9.17, 15) is 4.79 Å². The molecule has 4 nitrogen and oxygen atoms in total. The van der Waals surface area contributed by atoms with Gasteiger partial charge in [0, 0.05) is 24.2 Å². The van der Waals surface area contributed by atoms with Crippen molar-refractivity contribution in [3.05, 3.63) is 34.9 Å². The minimum Gasteiger partial charge on any atom is -0.351 e. The highest BCUT2D eigenvalue weighted by Gasteiger charge is 2.24. The molecule has 3 N–H and O–H groups in total. The van der Waals surface area contributed by atoms with Gasteiger partial charge in [-0.15, -0.1) is 0 Å². The van der Waals surface area contributed by atoms with Gasteiger partial charge >= 0.3 is 6.03 Å². The van der Waals surface area contributed by atoms with Crippen molar-refractivity contribution < 1.29 is 4.79 Å². The Morgan fingerprint density at radius 2 is 2.18 bits per heavy atom. The second-order valence-electron chi connectivity index (χ2n) is 4.24. The van der Waals surface area contributed by atoms with E-state index in [0.29, 0.717) is 11.6 Å². The van der Waals surface area contributed by atoms with Crippen LogP contribution in [-0.2, 0) is 6.54 Å². The van der Waals surface area contributed by atoms with Crippen molar-refractivity contribution in [2.75, 3.05) is 13.1 Å². The molecule has 5 heteroatoms. The van der Waals surface area contributed by atoms with Gasteiger partial charge in [0.25, 0.3) is 0 Å². The molecule has 0 saturated carbocycles. The third-order valence-corrected chi connectivity index (χ3v) is 3.28. The molecule has 17 heavy (non-hydrogen) atoms. The molecule has 92 valence electrons. The molecule has 0 aromatic heterocycles. The monoisotopic (exact) mass is 253 g/mol. The van der Waals surface area contributed by atoms with Gasteiger partial charge in [0.1, 0.15) is 0 Å². The number of carbonyl (C=O) groups excluding carboxylic acids is 1. The number of benzene rings is 1. The van der Waals surface area contributed by atoms with Crippen molar-refractivity contribution in [2.45, 2.75) is 19.0 Å². The van der Waals surface area contributed by atoms with E-state index in [4.69, 9.17) is 17.3 Å². The maximum atomic E-state index is 11.5. The summed E-state index contributed by atoms with van der Waals surface area (Å²) in [5.41, 5.74) is 6.47. The van der Waals surface area contributed by atoms with Crippen LogP contribution in [0.5, 0.6) is 0 Å². The minimum absolute atomic E-state index is 0.197. The molecule has 1 saturated heterocycles. The molecule has 2 amide bonds. The van der Waals surface area contributed by atoms with Gasteiger partial charge in [-0.05, 0) is 30.7 Å². The Morgan fingerprint density at radius 3 is 2.71 bits per heavy atom. The lowest BCUT2D eigenvalue weighted by molar-refractivity contribution is 0.184. The highest BCUT2D eigenvalue weighted by atomic mass is 35.5. The van der Waals surface area contributed by atoms with Crippen molar-refractivity contribution in [1.82, 2.24) is 10.2 Å². The number of amides is 2. The molecule has 0 aliphatic carbocycles. The fraction of sp³-hybridized carbons (Fsp3) is 0.417. The third-order valence-electron chi connectivity index (χ3n) is 3.02. The van der Waals surface area contributed by atoms with Gasteiger partial charge in [-0.2, -0.15) is 0 Å². The molecule has 1 fully saturated rings. The quantitative estimate of drug-likeness (QED) is 0.859. The van der Waals surface area contributed by atoms with Crippen LogP contribution in [0.25, 0.3) is 0 Å². The average Bonchev–Trinajstić information content (AvgIpc) is 2.81. The largest absolute Gasteiger partial charge is 0.351 e. The number of nitrogens with one attached hydrogen (secondary N) is 1. The zero-order valence-electron chi connectivity index (χ0n) is 9.53. The number of hydrogen-bond donors (Lipinski definition) is 2. The Labute approximate surface area is 106 Å². The minimum atomic E-state index is -0.367. The smallest absolute Gasteiger partial charge is 0.315 e. The average molecular weight is 254 g/mol. The van der Waals surface area contributed by atoms with Crippen LogP contribution in [-0.4, -0.2) is 30.1 Å². The van der Waals surface area contributed by atoms with E-state index in [0.717, 1.165) is 25.1 Å². The summed E-state index contributed by atoms with van der Waals surface area (Å²) >= 11 is 5.82. The second kappa shape index (κ2) is 5.38. The van der Waals surface area contributed by atoms with Crippen molar-refractivity contribution in [3.63, 3.8) is 0 Å². The first-order valence-corrected chi connectivity index (χ1v) is 6.06. The van der Waals surface area contributed by atoms with E-state index < -0.39 is 0 Å². The van der Waals surface area contributed by atoms with E-state index in [-0.39, 0.29) is 12.1 Å². The summed E-state index contributed by atoms with van der Waals surface area (Å²) in [6.07, 6.45) is 0.955. The van der Waals surface area contributed by atoms with Crippen LogP contribution in [0.15, 0.2) is 24.3 Å². The van der Waals surface area contributed by atoms with Gasteiger partial charge in [-0.25, -0.2) is 4.79 Å². The Hall–Kier alpha value is -1.26. The lowest BCUT2D eigenvalue weighted by atomic mass is 10.1. The van der Waals surface area contributed by atoms with Crippen LogP contribution in [0, 0.1) is 0 Å². The van der Waals surface area contributed by atoms with E-state index in [1.54, 1.807) is 4.90 Å². The van der Waals surface area contributed by atoms with Gasteiger partial charge in [-0.3, -0.25) is 0 Å². The Balaban J connectivity index is 2.06. The molecule has 0 bridgehead atoms. The summed E-state index contributed by atoms with van der Waals surface area (Å²) in [5, 5.41) is 3.93. The number of primary amides is 1. The first-order chi connectivity index (χ1) is 8.16. The van der Waals surface area contributed by atoms with E-state index in [2.05, 4.69) is 5.32 Å². The predicted octanol–water partition coefficient (Wildman–Crippen LogP) is 1.58. The van der Waals surface area contributed by atoms with Crippen LogP contribution in [0.3, 0.4) is 0 Å². The summed E-state index contributed by atoms with van der Waals surface area (Å²) in [4.78, 5) is 13.2. The molecule has 1 heterocycles. The number of nitrogens with two attached hydrogens (primary N) is 1. The first-order valence-electron chi connectivity index (χ1n) is 5.68. The number of nitrogens with zero attached hydrogens (tertiary/aromatic N) is 1. The maximum absolute atomic E-state index is 11.5. The number of carbonyl (C=O) groups is 1. The topological polar surface area (TPSA) is 58.4 Å². The number of urea groups is 1. The molecule has 0 unspecified atom stereocenters. The van der Waals surface area contributed by atoms with Gasteiger partial charge < -0.3 is 16.0 Å². The normalized spacial score (nSPS) is 19.2. The lowest BCUT2D eigenvalue weighted by Gasteiger charge is -2.26. The standard InChI is InChI=1S/C12H16ClN3O/c13-10-3-1-9(2-4-10)8-16(12(14)17)11-5-6-15-7-11/h1-4,11,15H,5-8H2,(H2,14,17)/t11-/m1/s1. The van der Waals surface area contributed by atoms with Crippen molar-refractivity contribution in [2.24, 2.45) is 5.73 Å². The van der Waals surface area contributed by atoms with Gasteiger partial charge in [0.05, 0.1) is 0 Å². The molecule has 1 aromatic carbocycles. The number of rotatable bonds is 3. The van der Waals surface area contributed by atoms with Crippen LogP contribution >= 0.6 is 11.6 Å². The third kappa shape index (κ3) is 3.11. The summed E-state index contributed by atoms with van der Waals surface area (Å²) in [6.45, 7) is 2.30. The van der Waals surface area contributed by atoms with Crippen LogP contribution < -0.4 is 11.1 Å². The number of halogens is 1. The molecular formula is C12H16ClN3O. The van der Waals surface area contributed by atoms with E-state index in [1.165, 1.54) is 0 Å². The zero-order valence-corrected chi connectivity index (χ0v) is 10.3. The summed E-state index contributed by atoms with van der Waals surface area (Å²) < 4.78 is 0. The van der Waals surface area contributed by atoms with E-state index in [1.807, 2.05) is 24.3 Å². The molecule has 1 atom stereocenters. The molecular weight excluding hydrogens is 238 g/mol. The Bertz CT molecular complexity index is 387. The highest BCUT2D eigenvalue weighted by molar-refractivity contribution is 6.30. The molecule has 1 aliphatic rings. The number of hydrogen-bond acceptors (Lipinski definition) is 2. The highest BCUT2D eigenvalue weighted by Crippen LogP contribution is 2.15. The summed E-state index contributed by atoms with van der Waals surface area (Å²) in [7, 11) is 0. The molecule has 2 rings (SSSR count). The summed E-state index contributed by atoms with van der Waals surface area (Å²) in [5.74, 6) is 0. The van der Waals surface area contributed by atoms with Crippen LogP contribution in [0.4, 0.5) is 4.79 Å². The van der Waals surface area contributed by atoms with Crippen LogP contribution in [0.1, 0.15) is 12.0 Å². The van der Waals surface area contributed by atoms with Gasteiger partial charge in [-0.1, -0.05) is 23.7 Å². The van der Waals surface area contributed by atoms with E-state index >= 15 is 0 Å². The van der Waals surface area contributed by atoms with Gasteiger partial charge in [0.2, 0.25) is 0 Å². The maximum Gasteiger partial charge on any atom is 0.315 e. The lowest BCUT2D eigenvalue weighted by Crippen LogP contribution is -2.44. The second-order valence-corrected chi connectivity index (χ2v) is 4.68. The molecule has 0 radical (unpaired) electrons. The van der Waals surface area contributed by atoms with Gasteiger partial charge in [0.15, 0.2) is 0 Å². The zero-order chi connectivity index (χ0) is 12.3.